The lowest BCUT2D eigenvalue weighted by Crippen LogP contribution is -2.27. The van der Waals surface area contributed by atoms with Gasteiger partial charge in [-0.3, -0.25) is 9.20 Å². The molecule has 0 aromatic carbocycles. The molecular weight excluding hydrogens is 380 g/mol. The van der Waals surface area contributed by atoms with E-state index in [9.17, 15) is 4.79 Å². The monoisotopic (exact) mass is 402 g/mol. The van der Waals surface area contributed by atoms with Gasteiger partial charge in [0.05, 0.1) is 11.4 Å². The van der Waals surface area contributed by atoms with Crippen molar-refractivity contribution in [2.24, 2.45) is 11.8 Å². The normalized spacial score (nSPS) is 21.7. The molecule has 9 nitrogen and oxygen atoms in total. The predicted octanol–water partition coefficient (Wildman–Crippen LogP) is 1.11. The minimum absolute atomic E-state index is 0.106. The van der Waals surface area contributed by atoms with Crippen LogP contribution in [0.4, 0.5) is 5.69 Å². The molecule has 0 bridgehead atoms. The highest BCUT2D eigenvalue weighted by Crippen LogP contribution is 2.33. The van der Waals surface area contributed by atoms with Crippen LogP contribution in [-0.2, 0) is 0 Å². The highest BCUT2D eigenvalue weighted by atomic mass is 16.1. The van der Waals surface area contributed by atoms with Crippen LogP contribution >= 0.6 is 0 Å². The van der Waals surface area contributed by atoms with Gasteiger partial charge in [-0.1, -0.05) is 0 Å². The van der Waals surface area contributed by atoms with E-state index >= 15 is 0 Å². The van der Waals surface area contributed by atoms with Crippen molar-refractivity contribution in [1.29, 1.82) is 0 Å². The van der Waals surface area contributed by atoms with Crippen molar-refractivity contribution in [2.45, 2.75) is 6.92 Å². The van der Waals surface area contributed by atoms with Gasteiger partial charge in [-0.2, -0.15) is 10.1 Å². The Labute approximate surface area is 172 Å². The van der Waals surface area contributed by atoms with E-state index in [0.29, 0.717) is 34.8 Å². The molecule has 4 aromatic rings. The number of aromatic nitrogens is 6. The number of hydrogen-bond acceptors (Lipinski definition) is 7. The second kappa shape index (κ2) is 6.33. The third-order valence-electron chi connectivity index (χ3n) is 6.27. The molecule has 2 atom stereocenters. The summed E-state index contributed by atoms with van der Waals surface area (Å²) in [6.07, 6.45) is 5.40. The van der Waals surface area contributed by atoms with Crippen molar-refractivity contribution < 1.29 is 0 Å². The van der Waals surface area contributed by atoms with Crippen LogP contribution in [0.25, 0.3) is 22.7 Å². The van der Waals surface area contributed by atoms with Crippen LogP contribution < -0.4 is 10.5 Å². The summed E-state index contributed by atoms with van der Waals surface area (Å²) in [5, 5.41) is 4.29. The van der Waals surface area contributed by atoms with Crippen molar-refractivity contribution in [3.8, 4) is 11.3 Å². The van der Waals surface area contributed by atoms with Gasteiger partial charge in [0.1, 0.15) is 11.5 Å². The quantitative estimate of drug-likeness (QED) is 0.497. The van der Waals surface area contributed by atoms with Crippen LogP contribution in [0.3, 0.4) is 0 Å². The van der Waals surface area contributed by atoms with Crippen molar-refractivity contribution in [1.82, 2.24) is 33.9 Å². The van der Waals surface area contributed by atoms with Crippen LogP contribution in [0.5, 0.6) is 0 Å². The van der Waals surface area contributed by atoms with E-state index in [1.807, 2.05) is 19.2 Å². The largest absolute Gasteiger partial charge is 0.370 e. The SMILES string of the molecule is Cc1nc2ncc(-c3cc(=O)n4cc(N5CC6CN(C)CC6C5)ccc4n3)cn2n1. The molecule has 2 saturated heterocycles. The van der Waals surface area contributed by atoms with Crippen LogP contribution in [0.15, 0.2) is 41.6 Å². The molecule has 30 heavy (non-hydrogen) atoms. The zero-order chi connectivity index (χ0) is 20.4. The van der Waals surface area contributed by atoms with Crippen molar-refractivity contribution in [3.05, 3.63) is 53.0 Å². The molecule has 6 rings (SSSR count). The summed E-state index contributed by atoms with van der Waals surface area (Å²) in [7, 11) is 2.19. The number of nitrogens with zero attached hydrogens (tertiary/aromatic N) is 8. The Morgan fingerprint density at radius 3 is 2.63 bits per heavy atom. The smallest absolute Gasteiger partial charge is 0.258 e. The summed E-state index contributed by atoms with van der Waals surface area (Å²) in [4.78, 5) is 30.9. The molecule has 0 N–H and O–H groups in total. The van der Waals surface area contributed by atoms with E-state index in [4.69, 9.17) is 4.98 Å². The fourth-order valence-electron chi connectivity index (χ4n) is 4.88. The zero-order valence-corrected chi connectivity index (χ0v) is 16.9. The highest BCUT2D eigenvalue weighted by Gasteiger charge is 2.38. The topological polar surface area (TPSA) is 83.9 Å². The molecule has 6 heterocycles. The first kappa shape index (κ1) is 17.5. The van der Waals surface area contributed by atoms with Crippen molar-refractivity contribution >= 4 is 17.1 Å². The predicted molar refractivity (Wildman–Crippen MR) is 113 cm³/mol. The molecule has 2 fully saturated rings. The minimum atomic E-state index is -0.106. The fraction of sp³-hybridized carbons (Fsp3) is 0.381. The number of hydrogen-bond donors (Lipinski definition) is 0. The maximum atomic E-state index is 12.9. The number of likely N-dealkylation sites (tertiary alicyclic amines) is 1. The van der Waals surface area contributed by atoms with Crippen molar-refractivity contribution in [2.75, 3.05) is 38.1 Å². The van der Waals surface area contributed by atoms with Gasteiger partial charge in [-0.05, 0) is 37.9 Å². The van der Waals surface area contributed by atoms with E-state index in [0.717, 1.165) is 37.4 Å². The van der Waals surface area contributed by atoms with Crippen LogP contribution in [0.1, 0.15) is 5.82 Å². The van der Waals surface area contributed by atoms with Gasteiger partial charge in [0.15, 0.2) is 0 Å². The lowest BCUT2D eigenvalue weighted by molar-refractivity contribution is 0.387. The molecule has 9 heteroatoms. The zero-order valence-electron chi connectivity index (χ0n) is 16.9. The van der Waals surface area contributed by atoms with Crippen LogP contribution in [0.2, 0.25) is 0 Å². The Hall–Kier alpha value is -3.33. The Morgan fingerprint density at radius 1 is 1.03 bits per heavy atom. The minimum Gasteiger partial charge on any atom is -0.370 e. The van der Waals surface area contributed by atoms with E-state index in [-0.39, 0.29) is 5.56 Å². The second-order valence-corrected chi connectivity index (χ2v) is 8.49. The summed E-state index contributed by atoms with van der Waals surface area (Å²) in [6.45, 7) is 6.22. The lowest BCUT2D eigenvalue weighted by atomic mass is 10.0. The second-order valence-electron chi connectivity index (χ2n) is 8.49. The third kappa shape index (κ3) is 2.77. The summed E-state index contributed by atoms with van der Waals surface area (Å²) < 4.78 is 3.24. The van der Waals surface area contributed by atoms with Crippen molar-refractivity contribution in [3.63, 3.8) is 0 Å². The maximum absolute atomic E-state index is 12.9. The van der Waals surface area contributed by atoms with Gasteiger partial charge < -0.3 is 9.80 Å². The molecule has 0 saturated carbocycles. The molecule has 0 radical (unpaired) electrons. The van der Waals surface area contributed by atoms with Gasteiger partial charge in [-0.15, -0.1) is 0 Å². The molecule has 152 valence electrons. The average molecular weight is 402 g/mol. The Balaban J connectivity index is 1.35. The Kier molecular flexibility index (Phi) is 3.70. The van der Waals surface area contributed by atoms with E-state index in [2.05, 4.69) is 38.0 Å². The number of fused-ring (bicyclic) bond motifs is 3. The number of rotatable bonds is 2. The molecule has 4 aromatic heterocycles. The van der Waals surface area contributed by atoms with Gasteiger partial charge in [0.25, 0.3) is 11.3 Å². The molecule has 0 aliphatic carbocycles. The average Bonchev–Trinajstić information content (AvgIpc) is 3.38. The first-order chi connectivity index (χ1) is 14.5. The summed E-state index contributed by atoms with van der Waals surface area (Å²) >= 11 is 0. The lowest BCUT2D eigenvalue weighted by Gasteiger charge is -2.21. The molecule has 0 amide bonds. The molecule has 0 spiro atoms. The Bertz CT molecular complexity index is 1330. The first-order valence-electron chi connectivity index (χ1n) is 10.2. The third-order valence-corrected chi connectivity index (χ3v) is 6.27. The van der Waals surface area contributed by atoms with Gasteiger partial charge in [0.2, 0.25) is 0 Å². The van der Waals surface area contributed by atoms with E-state index in [1.165, 1.54) is 0 Å². The Morgan fingerprint density at radius 2 is 1.83 bits per heavy atom. The van der Waals surface area contributed by atoms with Gasteiger partial charge in [-0.25, -0.2) is 14.5 Å². The maximum Gasteiger partial charge on any atom is 0.258 e. The van der Waals surface area contributed by atoms with Gasteiger partial charge >= 0.3 is 0 Å². The molecule has 2 aliphatic rings. The van der Waals surface area contributed by atoms with Crippen LogP contribution in [0, 0.1) is 18.8 Å². The fourth-order valence-corrected chi connectivity index (χ4v) is 4.88. The molecule has 2 aliphatic heterocycles. The first-order valence-corrected chi connectivity index (χ1v) is 10.2. The van der Waals surface area contributed by atoms with E-state index < -0.39 is 0 Å². The molecular formula is C21H22N8O. The van der Waals surface area contributed by atoms with Gasteiger partial charge in [0, 0.05) is 56.4 Å². The standard InChI is InChI=1S/C21H22N8O/c1-13-23-21-22-6-14(11-29(21)25-13)18-5-20(30)28-12-17(3-4-19(28)24-18)27-9-15-7-26(2)8-16(15)10-27/h3-6,11-12,15-16H,7-10H2,1-2H3. The molecule has 2 unspecified atom stereocenters. The summed E-state index contributed by atoms with van der Waals surface area (Å²) in [6, 6.07) is 5.54. The number of aryl methyl sites for hydroxylation is 1. The number of anilines is 1. The summed E-state index contributed by atoms with van der Waals surface area (Å²) in [5.74, 6) is 2.60. The van der Waals surface area contributed by atoms with E-state index in [1.54, 1.807) is 27.4 Å². The number of pyridine rings is 1. The highest BCUT2D eigenvalue weighted by molar-refractivity contribution is 5.62. The summed E-state index contributed by atoms with van der Waals surface area (Å²) in [5.41, 5.74) is 2.90. The van der Waals surface area contributed by atoms with Crippen LogP contribution in [-0.4, -0.2) is 67.1 Å².